The van der Waals surface area contributed by atoms with Crippen molar-refractivity contribution in [2.45, 2.75) is 11.8 Å². The van der Waals surface area contributed by atoms with E-state index in [0.717, 1.165) is 5.69 Å². The zero-order valence-electron chi connectivity index (χ0n) is 9.18. The number of anilines is 4. The summed E-state index contributed by atoms with van der Waals surface area (Å²) in [6.45, 7) is 1.89. The van der Waals surface area contributed by atoms with Crippen LogP contribution in [-0.4, -0.2) is 15.0 Å². The zero-order chi connectivity index (χ0) is 12.4. The number of nitrogens with zero attached hydrogens (tertiary/aromatic N) is 3. The van der Waals surface area contributed by atoms with Crippen molar-refractivity contribution < 1.29 is 0 Å². The number of aryl methyl sites for hydroxylation is 1. The lowest BCUT2D eigenvalue weighted by molar-refractivity contribution is 1.13. The van der Waals surface area contributed by atoms with E-state index in [2.05, 4.69) is 32.9 Å². The average molecular weight is 248 g/mol. The smallest absolute Gasteiger partial charge is 0.223 e. The Hall–Kier alpha value is -2.02. The number of hydrogen-bond donors (Lipinski definition) is 4. The Kier molecular flexibility index (Phi) is 3.01. The Labute approximate surface area is 104 Å². The number of thiol groups is 1. The molecule has 0 atom stereocenters. The Balaban J connectivity index is 2.34. The van der Waals surface area contributed by atoms with E-state index in [0.29, 0.717) is 22.3 Å². The van der Waals surface area contributed by atoms with E-state index in [4.69, 9.17) is 11.5 Å². The maximum atomic E-state index is 5.57. The van der Waals surface area contributed by atoms with Gasteiger partial charge in [0.05, 0.1) is 0 Å². The molecule has 5 N–H and O–H groups in total. The highest BCUT2D eigenvalue weighted by Gasteiger charge is 2.04. The quantitative estimate of drug-likeness (QED) is 0.599. The fourth-order valence-electron chi connectivity index (χ4n) is 1.31. The third-order valence-corrected chi connectivity index (χ3v) is 2.38. The number of aromatic nitrogens is 3. The summed E-state index contributed by atoms with van der Waals surface area (Å²) in [5.74, 6) is 1.50. The molecule has 7 heteroatoms. The van der Waals surface area contributed by atoms with Crippen molar-refractivity contribution in [2.24, 2.45) is 0 Å². The van der Waals surface area contributed by atoms with Gasteiger partial charge in [0, 0.05) is 16.7 Å². The number of nitrogen functional groups attached to an aromatic ring is 2. The summed E-state index contributed by atoms with van der Waals surface area (Å²) in [6.07, 6.45) is 0. The van der Waals surface area contributed by atoms with Crippen LogP contribution in [0.4, 0.5) is 23.4 Å². The first-order valence-corrected chi connectivity index (χ1v) is 5.33. The number of nitrogens with one attached hydrogen (secondary N) is 1. The largest absolute Gasteiger partial charge is 0.383 e. The van der Waals surface area contributed by atoms with E-state index >= 15 is 0 Å². The number of rotatable bonds is 2. The van der Waals surface area contributed by atoms with Crippen LogP contribution in [0.5, 0.6) is 0 Å². The van der Waals surface area contributed by atoms with Crippen LogP contribution in [0.2, 0.25) is 0 Å². The molecule has 88 valence electrons. The summed E-state index contributed by atoms with van der Waals surface area (Å²) >= 11 is 4.30. The Morgan fingerprint density at radius 2 is 1.94 bits per heavy atom. The molecule has 6 nitrogen and oxygen atoms in total. The summed E-state index contributed by atoms with van der Waals surface area (Å²) < 4.78 is 0. The zero-order valence-corrected chi connectivity index (χ0v) is 10.1. The van der Waals surface area contributed by atoms with Crippen LogP contribution in [-0.2, 0) is 0 Å². The number of nitrogens with two attached hydrogens (primary N) is 2. The molecule has 0 unspecified atom stereocenters. The van der Waals surface area contributed by atoms with Crippen molar-refractivity contribution in [1.82, 2.24) is 15.0 Å². The van der Waals surface area contributed by atoms with Crippen LogP contribution < -0.4 is 16.8 Å². The predicted molar refractivity (Wildman–Crippen MR) is 70.4 cm³/mol. The van der Waals surface area contributed by atoms with Crippen molar-refractivity contribution in [3.8, 4) is 0 Å². The van der Waals surface area contributed by atoms with E-state index < -0.39 is 0 Å². The van der Waals surface area contributed by atoms with E-state index in [1.54, 1.807) is 6.07 Å². The molecule has 2 aromatic rings. The lowest BCUT2D eigenvalue weighted by atomic mass is 10.3. The summed E-state index contributed by atoms with van der Waals surface area (Å²) in [4.78, 5) is 12.8. The van der Waals surface area contributed by atoms with Crippen molar-refractivity contribution in [3.63, 3.8) is 0 Å². The Bertz CT molecular complexity index is 536. The molecular weight excluding hydrogens is 236 g/mol. The van der Waals surface area contributed by atoms with Crippen LogP contribution in [0.3, 0.4) is 0 Å². The Morgan fingerprint density at radius 3 is 2.65 bits per heavy atom. The second-order valence-electron chi connectivity index (χ2n) is 3.48. The molecule has 2 rings (SSSR count). The van der Waals surface area contributed by atoms with Crippen LogP contribution in [0.15, 0.2) is 23.1 Å². The monoisotopic (exact) mass is 248 g/mol. The molecule has 2 aromatic heterocycles. The second kappa shape index (κ2) is 4.46. The summed E-state index contributed by atoms with van der Waals surface area (Å²) in [5, 5.41) is 3.00. The molecule has 0 bridgehead atoms. The van der Waals surface area contributed by atoms with E-state index in [1.807, 2.05) is 19.1 Å². The fraction of sp³-hybridized carbons (Fsp3) is 0.100. The minimum Gasteiger partial charge on any atom is -0.383 e. The van der Waals surface area contributed by atoms with Gasteiger partial charge in [0.15, 0.2) is 0 Å². The molecule has 0 fully saturated rings. The summed E-state index contributed by atoms with van der Waals surface area (Å²) in [5.41, 5.74) is 11.9. The molecule has 0 spiro atoms. The maximum absolute atomic E-state index is 5.57. The minimum absolute atomic E-state index is 0.112. The van der Waals surface area contributed by atoms with Crippen LogP contribution >= 0.6 is 12.6 Å². The fourth-order valence-corrected chi connectivity index (χ4v) is 1.49. The second-order valence-corrected chi connectivity index (χ2v) is 3.96. The minimum atomic E-state index is 0.112. The lowest BCUT2D eigenvalue weighted by Crippen LogP contribution is -2.04. The standard InChI is InChI=1S/C10H12N6S/c1-5-2-3-6(17)9(13-5)15-8-4-7(11)14-10(12)16-8/h2-4,17H,1H3,(H5,11,12,13,14,15,16). The topological polar surface area (TPSA) is 103 Å². The molecule has 0 saturated heterocycles. The normalized spacial score (nSPS) is 10.2. The van der Waals surface area contributed by atoms with Gasteiger partial charge in [0.2, 0.25) is 5.95 Å². The van der Waals surface area contributed by atoms with Gasteiger partial charge in [-0.05, 0) is 19.1 Å². The van der Waals surface area contributed by atoms with E-state index in [1.165, 1.54) is 0 Å². The van der Waals surface area contributed by atoms with Gasteiger partial charge in [-0.3, -0.25) is 0 Å². The average Bonchev–Trinajstić information content (AvgIpc) is 2.22. The Morgan fingerprint density at radius 1 is 1.18 bits per heavy atom. The molecule has 17 heavy (non-hydrogen) atoms. The van der Waals surface area contributed by atoms with Crippen molar-refractivity contribution in [2.75, 3.05) is 16.8 Å². The summed E-state index contributed by atoms with van der Waals surface area (Å²) in [6, 6.07) is 5.30. The van der Waals surface area contributed by atoms with Crippen LogP contribution in [0.25, 0.3) is 0 Å². The van der Waals surface area contributed by atoms with Crippen LogP contribution in [0, 0.1) is 6.92 Å². The molecule has 0 aliphatic heterocycles. The number of pyridine rings is 1. The van der Waals surface area contributed by atoms with Crippen molar-refractivity contribution in [1.29, 1.82) is 0 Å². The van der Waals surface area contributed by atoms with Gasteiger partial charge in [0.1, 0.15) is 17.5 Å². The van der Waals surface area contributed by atoms with Crippen molar-refractivity contribution >= 4 is 36.0 Å². The molecule has 0 aliphatic carbocycles. The molecule has 0 radical (unpaired) electrons. The SMILES string of the molecule is Cc1ccc(S)c(Nc2cc(N)nc(N)n2)n1. The molecule has 0 aromatic carbocycles. The van der Waals surface area contributed by atoms with E-state index in [9.17, 15) is 0 Å². The van der Waals surface area contributed by atoms with Gasteiger partial charge in [0.25, 0.3) is 0 Å². The highest BCUT2D eigenvalue weighted by Crippen LogP contribution is 2.22. The van der Waals surface area contributed by atoms with Gasteiger partial charge >= 0.3 is 0 Å². The predicted octanol–water partition coefficient (Wildman–Crippen LogP) is 1.38. The van der Waals surface area contributed by atoms with Gasteiger partial charge in [-0.15, -0.1) is 12.6 Å². The first kappa shape index (κ1) is 11.5. The first-order chi connectivity index (χ1) is 8.04. The molecular formula is C10H12N6S. The van der Waals surface area contributed by atoms with Gasteiger partial charge in [-0.25, -0.2) is 4.98 Å². The number of hydrogen-bond acceptors (Lipinski definition) is 7. The molecule has 2 heterocycles. The third-order valence-electron chi connectivity index (χ3n) is 2.02. The highest BCUT2D eigenvalue weighted by atomic mass is 32.1. The first-order valence-electron chi connectivity index (χ1n) is 4.88. The van der Waals surface area contributed by atoms with Crippen LogP contribution in [0.1, 0.15) is 5.69 Å². The van der Waals surface area contributed by atoms with Gasteiger partial charge in [-0.2, -0.15) is 9.97 Å². The van der Waals surface area contributed by atoms with Gasteiger partial charge in [-0.1, -0.05) is 0 Å². The van der Waals surface area contributed by atoms with Gasteiger partial charge < -0.3 is 16.8 Å². The van der Waals surface area contributed by atoms with E-state index in [-0.39, 0.29) is 5.95 Å². The van der Waals surface area contributed by atoms with Crippen molar-refractivity contribution in [3.05, 3.63) is 23.9 Å². The lowest BCUT2D eigenvalue weighted by Gasteiger charge is -2.08. The molecule has 0 amide bonds. The highest BCUT2D eigenvalue weighted by molar-refractivity contribution is 7.80. The summed E-state index contributed by atoms with van der Waals surface area (Å²) in [7, 11) is 0. The maximum Gasteiger partial charge on any atom is 0.223 e. The third kappa shape index (κ3) is 2.76. The molecule has 0 saturated carbocycles. The molecule has 0 aliphatic rings.